The van der Waals surface area contributed by atoms with Crippen LogP contribution in [-0.2, 0) is 20.7 Å². The zero-order chi connectivity index (χ0) is 22.4. The number of aromatic nitrogens is 2. The second-order valence-corrected chi connectivity index (χ2v) is 8.00. The molecule has 2 aromatic rings. The van der Waals surface area contributed by atoms with Gasteiger partial charge in [-0.05, 0) is 50.3 Å². The van der Waals surface area contributed by atoms with Crippen molar-refractivity contribution in [3.63, 3.8) is 0 Å². The predicted molar refractivity (Wildman–Crippen MR) is 121 cm³/mol. The first-order chi connectivity index (χ1) is 14.9. The van der Waals surface area contributed by atoms with E-state index in [9.17, 15) is 9.59 Å². The zero-order valence-corrected chi connectivity index (χ0v) is 19.2. The number of ether oxygens (including phenoxy) is 2. The average Bonchev–Trinajstić information content (AvgIpc) is 2.78. The van der Waals surface area contributed by atoms with Crippen molar-refractivity contribution in [1.29, 1.82) is 0 Å². The molecule has 0 spiro atoms. The van der Waals surface area contributed by atoms with Crippen LogP contribution in [0.5, 0.6) is 0 Å². The number of thioether (sulfide) groups is 1. The van der Waals surface area contributed by atoms with Crippen LogP contribution in [0.15, 0.2) is 23.4 Å². The van der Waals surface area contributed by atoms with Gasteiger partial charge in [0.15, 0.2) is 5.16 Å². The number of esters is 1. The van der Waals surface area contributed by atoms with Crippen LogP contribution in [0.4, 0.5) is 11.4 Å². The maximum Gasteiger partial charge on any atom is 0.340 e. The number of anilines is 2. The van der Waals surface area contributed by atoms with E-state index >= 15 is 0 Å². The second-order valence-electron chi connectivity index (χ2n) is 7.23. The molecule has 0 radical (unpaired) electrons. The molecule has 1 saturated heterocycles. The molecule has 0 unspecified atom stereocenters. The van der Waals surface area contributed by atoms with Crippen molar-refractivity contribution in [3.05, 3.63) is 40.7 Å². The molecular weight excluding hydrogens is 416 g/mol. The maximum atomic E-state index is 12.6. The van der Waals surface area contributed by atoms with Gasteiger partial charge in [0.25, 0.3) is 0 Å². The Morgan fingerprint density at radius 2 is 1.87 bits per heavy atom. The van der Waals surface area contributed by atoms with Gasteiger partial charge in [0.1, 0.15) is 0 Å². The fourth-order valence-corrected chi connectivity index (χ4v) is 4.01. The number of nitrogens with one attached hydrogen (secondary N) is 1. The highest BCUT2D eigenvalue weighted by Crippen LogP contribution is 2.25. The molecule has 2 heterocycles. The average molecular weight is 445 g/mol. The monoisotopic (exact) mass is 444 g/mol. The van der Waals surface area contributed by atoms with Crippen LogP contribution in [0.2, 0.25) is 0 Å². The first kappa shape index (κ1) is 23.0. The minimum Gasteiger partial charge on any atom is -0.465 e. The van der Waals surface area contributed by atoms with Crippen LogP contribution in [0.1, 0.15) is 33.7 Å². The number of amides is 1. The summed E-state index contributed by atoms with van der Waals surface area (Å²) in [6.45, 7) is 6.66. The summed E-state index contributed by atoms with van der Waals surface area (Å²) in [5.74, 6) is -0.671. The van der Waals surface area contributed by atoms with Crippen molar-refractivity contribution in [2.24, 2.45) is 0 Å². The summed E-state index contributed by atoms with van der Waals surface area (Å²) < 4.78 is 10.3. The summed E-state index contributed by atoms with van der Waals surface area (Å²) in [5.41, 5.74) is 4.42. The van der Waals surface area contributed by atoms with E-state index in [-0.39, 0.29) is 12.3 Å². The number of hydrogen-bond donors (Lipinski definition) is 1. The summed E-state index contributed by atoms with van der Waals surface area (Å²) in [6.07, 6.45) is 2.72. The molecular formula is C22H28N4O4S. The number of carbonyl (C=O) groups is 2. The molecule has 1 aliphatic heterocycles. The quantitative estimate of drug-likeness (QED) is 0.396. The number of nitrogens with zero attached hydrogens (tertiary/aromatic N) is 3. The highest BCUT2D eigenvalue weighted by Gasteiger charge is 2.19. The van der Waals surface area contributed by atoms with Crippen molar-refractivity contribution in [1.82, 2.24) is 9.97 Å². The molecule has 0 atom stereocenters. The van der Waals surface area contributed by atoms with E-state index in [4.69, 9.17) is 9.47 Å². The van der Waals surface area contributed by atoms with E-state index in [1.54, 1.807) is 12.1 Å². The minimum absolute atomic E-state index is 0.183. The van der Waals surface area contributed by atoms with Crippen LogP contribution < -0.4 is 10.2 Å². The maximum absolute atomic E-state index is 12.6. The number of carbonyl (C=O) groups excluding carboxylic acids is 2. The molecule has 1 fully saturated rings. The Morgan fingerprint density at radius 3 is 2.48 bits per heavy atom. The zero-order valence-electron chi connectivity index (χ0n) is 18.4. The van der Waals surface area contributed by atoms with Gasteiger partial charge in [0.05, 0.1) is 31.6 Å². The summed E-state index contributed by atoms with van der Waals surface area (Å²) in [5, 5.41) is 3.59. The Balaban J connectivity index is 1.72. The summed E-state index contributed by atoms with van der Waals surface area (Å²) in [4.78, 5) is 36.1. The molecule has 0 bridgehead atoms. The van der Waals surface area contributed by atoms with Crippen molar-refractivity contribution in [2.45, 2.75) is 31.8 Å². The Kier molecular flexibility index (Phi) is 7.86. The van der Waals surface area contributed by atoms with Gasteiger partial charge in [-0.1, -0.05) is 11.8 Å². The number of morpholine rings is 1. The minimum atomic E-state index is -0.488. The van der Waals surface area contributed by atoms with E-state index in [1.165, 1.54) is 18.9 Å². The van der Waals surface area contributed by atoms with Crippen molar-refractivity contribution in [3.8, 4) is 0 Å². The molecule has 31 heavy (non-hydrogen) atoms. The SMILES string of the molecule is COC(=O)c1cc(N2CCOCC2)ccc1NC(=O)CCc1c(C)nc(SC)nc1C. The van der Waals surface area contributed by atoms with Crippen LogP contribution in [0, 0.1) is 13.8 Å². The Labute approximate surface area is 186 Å². The molecule has 3 rings (SSSR count). The van der Waals surface area contributed by atoms with E-state index in [0.29, 0.717) is 30.9 Å². The smallest absolute Gasteiger partial charge is 0.340 e. The van der Waals surface area contributed by atoms with E-state index in [0.717, 1.165) is 40.9 Å². The first-order valence-corrected chi connectivity index (χ1v) is 11.4. The number of rotatable bonds is 7. The van der Waals surface area contributed by atoms with Crippen LogP contribution in [0.3, 0.4) is 0 Å². The van der Waals surface area contributed by atoms with Gasteiger partial charge in [-0.15, -0.1) is 0 Å². The molecule has 0 aliphatic carbocycles. The predicted octanol–water partition coefficient (Wildman–Crippen LogP) is 3.01. The van der Waals surface area contributed by atoms with Gasteiger partial charge in [-0.25, -0.2) is 14.8 Å². The summed E-state index contributed by atoms with van der Waals surface area (Å²) in [7, 11) is 1.33. The third kappa shape index (κ3) is 5.74. The van der Waals surface area contributed by atoms with Gasteiger partial charge in [-0.3, -0.25) is 4.79 Å². The van der Waals surface area contributed by atoms with Gasteiger partial charge in [-0.2, -0.15) is 0 Å². The van der Waals surface area contributed by atoms with Gasteiger partial charge < -0.3 is 19.7 Å². The number of methoxy groups -OCH3 is 1. The first-order valence-electron chi connectivity index (χ1n) is 10.2. The molecule has 1 aromatic heterocycles. The highest BCUT2D eigenvalue weighted by atomic mass is 32.2. The Bertz CT molecular complexity index is 938. The van der Waals surface area contributed by atoms with E-state index in [1.807, 2.05) is 26.2 Å². The van der Waals surface area contributed by atoms with Crippen LogP contribution in [-0.4, -0.2) is 61.5 Å². The summed E-state index contributed by atoms with van der Waals surface area (Å²) >= 11 is 1.49. The third-order valence-corrected chi connectivity index (χ3v) is 5.79. The Morgan fingerprint density at radius 1 is 1.19 bits per heavy atom. The highest BCUT2D eigenvalue weighted by molar-refractivity contribution is 7.98. The largest absolute Gasteiger partial charge is 0.465 e. The second kappa shape index (κ2) is 10.6. The van der Waals surface area contributed by atoms with Crippen molar-refractivity contribution >= 4 is 35.0 Å². The molecule has 1 N–H and O–H groups in total. The number of benzene rings is 1. The van der Waals surface area contributed by atoms with Crippen LogP contribution in [0.25, 0.3) is 0 Å². The molecule has 9 heteroatoms. The molecule has 1 aliphatic rings. The fraction of sp³-hybridized carbons (Fsp3) is 0.455. The van der Waals surface area contributed by atoms with Gasteiger partial charge in [0, 0.05) is 36.6 Å². The van der Waals surface area contributed by atoms with Gasteiger partial charge in [0.2, 0.25) is 5.91 Å². The molecule has 1 amide bonds. The lowest BCUT2D eigenvalue weighted by Crippen LogP contribution is -2.36. The lowest BCUT2D eigenvalue weighted by atomic mass is 10.1. The summed E-state index contributed by atoms with van der Waals surface area (Å²) in [6, 6.07) is 5.41. The molecule has 1 aromatic carbocycles. The van der Waals surface area contributed by atoms with E-state index < -0.39 is 5.97 Å². The molecule has 166 valence electrons. The lowest BCUT2D eigenvalue weighted by Gasteiger charge is -2.29. The van der Waals surface area contributed by atoms with Crippen LogP contribution >= 0.6 is 11.8 Å². The lowest BCUT2D eigenvalue weighted by molar-refractivity contribution is -0.116. The normalized spacial score (nSPS) is 13.7. The van der Waals surface area contributed by atoms with E-state index in [2.05, 4.69) is 20.2 Å². The van der Waals surface area contributed by atoms with Gasteiger partial charge >= 0.3 is 5.97 Å². The molecule has 0 saturated carbocycles. The Hall–Kier alpha value is -2.65. The van der Waals surface area contributed by atoms with Crippen molar-refractivity contribution in [2.75, 3.05) is 49.9 Å². The number of aryl methyl sites for hydroxylation is 2. The fourth-order valence-electron chi connectivity index (χ4n) is 3.55. The standard InChI is InChI=1S/C22H28N4O4S/c1-14-17(15(2)24-22(23-14)31-4)6-8-20(27)25-19-7-5-16(13-18(19)21(28)29-3)26-9-11-30-12-10-26/h5,7,13H,6,8-12H2,1-4H3,(H,25,27). The third-order valence-electron chi connectivity index (χ3n) is 5.24. The van der Waals surface area contributed by atoms with Crippen molar-refractivity contribution < 1.29 is 19.1 Å². The topological polar surface area (TPSA) is 93.7 Å². The molecule has 8 nitrogen and oxygen atoms in total. The number of hydrogen-bond acceptors (Lipinski definition) is 8.